The third kappa shape index (κ3) is 6.05. The number of hydrogen-bond acceptors (Lipinski definition) is 5. The molecule has 1 saturated heterocycles. The molecule has 0 aromatic heterocycles. The smallest absolute Gasteiger partial charge is 0.246 e. The summed E-state index contributed by atoms with van der Waals surface area (Å²) < 4.78 is 0. The van der Waals surface area contributed by atoms with Gasteiger partial charge in [-0.3, -0.25) is 19.2 Å². The number of likely N-dealkylation sites (tertiary alicyclic amines) is 1. The third-order valence-corrected chi connectivity index (χ3v) is 10.1. The number of nitrogens with one attached hydrogen (secondary N) is 2. The summed E-state index contributed by atoms with van der Waals surface area (Å²) in [5.41, 5.74) is 11.1. The van der Waals surface area contributed by atoms with Crippen molar-refractivity contribution in [1.29, 1.82) is 0 Å². The van der Waals surface area contributed by atoms with Crippen LogP contribution in [0, 0.1) is 0 Å². The van der Waals surface area contributed by atoms with Crippen molar-refractivity contribution in [3.63, 3.8) is 0 Å². The van der Waals surface area contributed by atoms with E-state index in [1.54, 1.807) is 4.90 Å². The summed E-state index contributed by atoms with van der Waals surface area (Å²) >= 11 is 0. The van der Waals surface area contributed by atoms with Crippen molar-refractivity contribution in [2.45, 2.75) is 101 Å². The standard InChI is InChI=1S/C34H43N5O4/c35-18-14-28(32(42)36-27-11-10-23-8-3-9-24(23)20-27)37-33(43)29-21-25-6-1-2-7-26(25)22-38(29)30(40)12-13-31(41)39-19-5-17-34(39)15-4-16-34/h1-2,6-7,10-11,20,28-29H,3-5,8-9,12-19,21-22,35H2,(H,36,42)(H,37,43)/t28-,29-/m0/s1. The largest absolute Gasteiger partial charge is 0.342 e. The van der Waals surface area contributed by atoms with Gasteiger partial charge in [-0.1, -0.05) is 30.3 Å². The van der Waals surface area contributed by atoms with Crippen molar-refractivity contribution in [3.8, 4) is 0 Å². The van der Waals surface area contributed by atoms with Gasteiger partial charge >= 0.3 is 0 Å². The molecule has 228 valence electrons. The minimum atomic E-state index is -0.838. The van der Waals surface area contributed by atoms with Crippen LogP contribution in [0.2, 0.25) is 0 Å². The summed E-state index contributed by atoms with van der Waals surface area (Å²) in [6.07, 6.45) is 9.34. The highest BCUT2D eigenvalue weighted by atomic mass is 16.2. The van der Waals surface area contributed by atoms with E-state index in [2.05, 4.69) is 16.7 Å². The van der Waals surface area contributed by atoms with Crippen LogP contribution in [0.5, 0.6) is 0 Å². The van der Waals surface area contributed by atoms with E-state index >= 15 is 0 Å². The van der Waals surface area contributed by atoms with E-state index in [1.807, 2.05) is 41.3 Å². The molecule has 6 rings (SSSR count). The summed E-state index contributed by atoms with van der Waals surface area (Å²) in [6.45, 7) is 1.28. The van der Waals surface area contributed by atoms with Crippen LogP contribution < -0.4 is 16.4 Å². The lowest BCUT2D eigenvalue weighted by molar-refractivity contribution is -0.145. The van der Waals surface area contributed by atoms with Gasteiger partial charge in [0.1, 0.15) is 12.1 Å². The number of nitrogens with two attached hydrogens (primary N) is 1. The van der Waals surface area contributed by atoms with Gasteiger partial charge in [0.05, 0.1) is 0 Å². The van der Waals surface area contributed by atoms with Crippen molar-refractivity contribution >= 4 is 29.3 Å². The Morgan fingerprint density at radius 3 is 2.40 bits per heavy atom. The van der Waals surface area contributed by atoms with E-state index in [4.69, 9.17) is 5.73 Å². The number of anilines is 1. The number of nitrogens with zero attached hydrogens (tertiary/aromatic N) is 2. The number of carbonyl (C=O) groups is 4. The molecule has 0 unspecified atom stereocenters. The minimum absolute atomic E-state index is 0.0188. The molecule has 2 aromatic carbocycles. The fraction of sp³-hybridized carbons (Fsp3) is 0.529. The summed E-state index contributed by atoms with van der Waals surface area (Å²) in [5.74, 6) is -0.894. The van der Waals surface area contributed by atoms with Gasteiger partial charge in [0.2, 0.25) is 23.6 Å². The molecule has 0 bridgehead atoms. The molecule has 2 fully saturated rings. The first-order valence-corrected chi connectivity index (χ1v) is 16.0. The number of aryl methyl sites for hydroxylation is 2. The van der Waals surface area contributed by atoms with E-state index < -0.39 is 12.1 Å². The summed E-state index contributed by atoms with van der Waals surface area (Å²) in [6, 6.07) is 12.2. The molecule has 4 N–H and O–H groups in total. The van der Waals surface area contributed by atoms with Crippen LogP contribution in [-0.2, 0) is 45.0 Å². The predicted octanol–water partition coefficient (Wildman–Crippen LogP) is 3.23. The average molecular weight is 586 g/mol. The maximum atomic E-state index is 13.8. The molecule has 4 aliphatic rings. The fourth-order valence-electron chi connectivity index (χ4n) is 7.53. The topological polar surface area (TPSA) is 125 Å². The Morgan fingerprint density at radius 2 is 1.63 bits per heavy atom. The highest BCUT2D eigenvalue weighted by Crippen LogP contribution is 2.45. The van der Waals surface area contributed by atoms with E-state index in [-0.39, 0.29) is 61.5 Å². The van der Waals surface area contributed by atoms with Gasteiger partial charge in [0, 0.05) is 43.6 Å². The Kier molecular flexibility index (Phi) is 8.52. The van der Waals surface area contributed by atoms with Crippen LogP contribution in [0.3, 0.4) is 0 Å². The normalized spacial score (nSPS) is 20.6. The highest BCUT2D eigenvalue weighted by molar-refractivity contribution is 5.99. The van der Waals surface area contributed by atoms with Crippen molar-refractivity contribution in [2.75, 3.05) is 18.4 Å². The maximum Gasteiger partial charge on any atom is 0.246 e. The lowest BCUT2D eigenvalue weighted by atomic mass is 9.75. The van der Waals surface area contributed by atoms with Crippen molar-refractivity contribution < 1.29 is 19.2 Å². The third-order valence-electron chi connectivity index (χ3n) is 10.1. The summed E-state index contributed by atoms with van der Waals surface area (Å²) in [7, 11) is 0. The van der Waals surface area contributed by atoms with Gasteiger partial charge in [-0.05, 0) is 98.7 Å². The zero-order valence-electron chi connectivity index (χ0n) is 24.9. The number of carbonyl (C=O) groups excluding carboxylic acids is 4. The monoisotopic (exact) mass is 585 g/mol. The van der Waals surface area contributed by atoms with Crippen molar-refractivity contribution in [2.24, 2.45) is 5.73 Å². The first-order chi connectivity index (χ1) is 20.9. The molecule has 4 amide bonds. The second-order valence-electron chi connectivity index (χ2n) is 12.7. The molecule has 2 heterocycles. The van der Waals surface area contributed by atoms with Crippen LogP contribution in [0.1, 0.15) is 80.0 Å². The van der Waals surface area contributed by atoms with Crippen molar-refractivity contribution in [1.82, 2.24) is 15.1 Å². The zero-order valence-corrected chi connectivity index (χ0v) is 24.9. The van der Waals surface area contributed by atoms with Gasteiger partial charge in [-0.25, -0.2) is 0 Å². The van der Waals surface area contributed by atoms with Crippen LogP contribution in [0.4, 0.5) is 5.69 Å². The quantitative estimate of drug-likeness (QED) is 0.417. The Morgan fingerprint density at radius 1 is 0.884 bits per heavy atom. The fourth-order valence-corrected chi connectivity index (χ4v) is 7.53. The highest BCUT2D eigenvalue weighted by Gasteiger charge is 2.47. The zero-order chi connectivity index (χ0) is 30.0. The molecule has 1 spiro atoms. The van der Waals surface area contributed by atoms with E-state index in [9.17, 15) is 19.2 Å². The predicted molar refractivity (Wildman–Crippen MR) is 164 cm³/mol. The second kappa shape index (κ2) is 12.5. The van der Waals surface area contributed by atoms with E-state index in [1.165, 1.54) is 11.1 Å². The molecular formula is C34H43N5O4. The molecular weight excluding hydrogens is 542 g/mol. The number of hydrogen-bond donors (Lipinski definition) is 3. The first-order valence-electron chi connectivity index (χ1n) is 16.0. The Balaban J connectivity index is 1.13. The number of benzene rings is 2. The van der Waals surface area contributed by atoms with E-state index in [0.29, 0.717) is 12.1 Å². The molecule has 0 radical (unpaired) electrons. The Hall–Kier alpha value is -3.72. The molecule has 1 saturated carbocycles. The Bertz CT molecular complexity index is 1400. The molecule has 43 heavy (non-hydrogen) atoms. The molecule has 2 aliphatic heterocycles. The van der Waals surface area contributed by atoms with Gasteiger partial charge in [-0.2, -0.15) is 0 Å². The second-order valence-corrected chi connectivity index (χ2v) is 12.7. The van der Waals surface area contributed by atoms with Gasteiger partial charge < -0.3 is 26.2 Å². The van der Waals surface area contributed by atoms with Gasteiger partial charge in [0.25, 0.3) is 0 Å². The van der Waals surface area contributed by atoms with Crippen molar-refractivity contribution in [3.05, 3.63) is 64.7 Å². The lowest BCUT2D eigenvalue weighted by Crippen LogP contribution is -2.56. The van der Waals surface area contributed by atoms with E-state index in [0.717, 1.165) is 69.0 Å². The molecule has 2 atom stereocenters. The number of amides is 4. The van der Waals surface area contributed by atoms with Gasteiger partial charge in [-0.15, -0.1) is 0 Å². The molecule has 9 nitrogen and oxygen atoms in total. The van der Waals surface area contributed by atoms with Gasteiger partial charge in [0.15, 0.2) is 0 Å². The van der Waals surface area contributed by atoms with Crippen LogP contribution in [0.25, 0.3) is 0 Å². The number of rotatable bonds is 9. The van der Waals surface area contributed by atoms with Crippen LogP contribution in [0.15, 0.2) is 42.5 Å². The summed E-state index contributed by atoms with van der Waals surface area (Å²) in [4.78, 5) is 57.5. The summed E-state index contributed by atoms with van der Waals surface area (Å²) in [5, 5.41) is 5.87. The maximum absolute atomic E-state index is 13.8. The molecule has 9 heteroatoms. The SMILES string of the molecule is NCC[C@H](NC(=O)[C@@H]1Cc2ccccc2CN1C(=O)CCC(=O)N1CCCC12CCC2)C(=O)Nc1ccc2c(c1)CCC2. The lowest BCUT2D eigenvalue weighted by Gasteiger charge is -2.46. The van der Waals surface area contributed by atoms with Crippen LogP contribution >= 0.6 is 0 Å². The average Bonchev–Trinajstić information content (AvgIpc) is 3.66. The van der Waals surface area contributed by atoms with Crippen LogP contribution in [-0.4, -0.2) is 64.1 Å². The number of fused-ring (bicyclic) bond motifs is 2. The molecule has 2 aliphatic carbocycles. The first kappa shape index (κ1) is 29.4. The minimum Gasteiger partial charge on any atom is -0.342 e. The Labute approximate surface area is 253 Å². The molecule has 2 aromatic rings.